The minimum atomic E-state index is -0.0696. The molecule has 3 aromatic carbocycles. The molecule has 65 heavy (non-hydrogen) atoms. The Hall–Kier alpha value is -6.44. The van der Waals surface area contributed by atoms with E-state index in [0.717, 1.165) is 88.5 Å². The van der Waals surface area contributed by atoms with Gasteiger partial charge >= 0.3 is 0 Å². The number of aromatic nitrogens is 4. The van der Waals surface area contributed by atoms with E-state index < -0.39 is 0 Å². The molecule has 14 nitrogen and oxygen atoms in total. The smallest absolute Gasteiger partial charge is 0.258 e. The van der Waals surface area contributed by atoms with Crippen molar-refractivity contribution in [1.29, 1.82) is 0 Å². The zero-order valence-electron chi connectivity index (χ0n) is 39.0. The lowest BCUT2D eigenvalue weighted by Crippen LogP contribution is -2.45. The number of rotatable bonds is 12. The van der Waals surface area contributed by atoms with Gasteiger partial charge in [0, 0.05) is 48.6 Å². The van der Waals surface area contributed by atoms with Crippen molar-refractivity contribution in [2.75, 3.05) is 38.2 Å². The van der Waals surface area contributed by atoms with Crippen LogP contribution in [0.4, 0.5) is 11.9 Å². The number of hydrogen-bond acceptors (Lipinski definition) is 12. The van der Waals surface area contributed by atoms with Crippen LogP contribution in [-0.2, 0) is 32.5 Å². The Kier molecular flexibility index (Phi) is 13.7. The highest BCUT2D eigenvalue weighted by Gasteiger charge is 2.36. The van der Waals surface area contributed by atoms with Crippen LogP contribution in [0.2, 0.25) is 0 Å². The van der Waals surface area contributed by atoms with Crippen LogP contribution in [0, 0.1) is 0 Å². The van der Waals surface area contributed by atoms with Crippen molar-refractivity contribution in [3.8, 4) is 23.0 Å². The van der Waals surface area contributed by atoms with Crippen LogP contribution >= 0.6 is 0 Å². The normalized spacial score (nSPS) is 20.1. The average Bonchev–Trinajstić information content (AvgIpc) is 3.84. The predicted molar refractivity (Wildman–Crippen MR) is 250 cm³/mol. The molecular formula is C51H62N8O6. The van der Waals surface area contributed by atoms with Crippen LogP contribution in [0.15, 0.2) is 66.7 Å². The number of nitrogens with one attached hydrogen (secondary N) is 1. The fraction of sp³-hybridized carbons (Fsp3) is 0.451. The molecule has 1 N–H and O–H groups in total. The van der Waals surface area contributed by atoms with E-state index in [1.54, 1.807) is 28.4 Å². The second-order valence-electron chi connectivity index (χ2n) is 17.7. The number of amides is 2. The standard InChI is InChI=1S/C30H36N4O4.C21H26N4O2/c1-19-7-6-8-20(2)34(19)30-31-25(15-21-9-12-23(36-3)13-10-21)28-26(32-30)18-33(29(28)35)17-22-11-14-24(37-4)16-27(22)38-5;1-13-5-4-6-14(2)25(13)21-23-17(19-18(24-21)12-22-20(19)26)11-15-7-9-16(27-3)10-8-15/h9-14,16,19-20H,6-8,15,17-18H2,1-5H3;7-10,13-14H,4-6,11-12H2,1-3H3,(H,22,26)/t19-,20+;13-,14+. The van der Waals surface area contributed by atoms with Crippen molar-refractivity contribution in [2.24, 2.45) is 0 Å². The number of benzene rings is 3. The fourth-order valence-corrected chi connectivity index (χ4v) is 9.81. The number of piperidine rings is 2. The highest BCUT2D eigenvalue weighted by molar-refractivity contribution is 5.99. The first-order chi connectivity index (χ1) is 31.5. The van der Waals surface area contributed by atoms with E-state index in [0.29, 0.717) is 79.3 Å². The van der Waals surface area contributed by atoms with Crippen LogP contribution in [0.1, 0.15) is 126 Å². The molecule has 5 aromatic rings. The molecule has 2 fully saturated rings. The largest absolute Gasteiger partial charge is 0.497 e. The van der Waals surface area contributed by atoms with E-state index >= 15 is 0 Å². The molecule has 0 radical (unpaired) electrons. The molecule has 2 amide bonds. The zero-order chi connectivity index (χ0) is 45.8. The summed E-state index contributed by atoms with van der Waals surface area (Å²) in [5, 5.41) is 2.90. The zero-order valence-corrected chi connectivity index (χ0v) is 39.0. The van der Waals surface area contributed by atoms with Gasteiger partial charge in [-0.25, -0.2) is 19.9 Å². The molecule has 4 atom stereocenters. The molecule has 0 spiro atoms. The lowest BCUT2D eigenvalue weighted by atomic mass is 9.98. The van der Waals surface area contributed by atoms with Crippen LogP contribution in [-0.4, -0.2) is 89.3 Å². The van der Waals surface area contributed by atoms with Gasteiger partial charge in [0.2, 0.25) is 11.9 Å². The molecule has 2 saturated heterocycles. The van der Waals surface area contributed by atoms with Crippen LogP contribution < -0.4 is 34.1 Å². The lowest BCUT2D eigenvalue weighted by molar-refractivity contribution is 0.0764. The molecule has 14 heteroatoms. The van der Waals surface area contributed by atoms with Gasteiger partial charge in [-0.1, -0.05) is 24.3 Å². The number of anilines is 2. The van der Waals surface area contributed by atoms with Gasteiger partial charge in [0.05, 0.1) is 82.0 Å². The third-order valence-corrected chi connectivity index (χ3v) is 13.3. The lowest BCUT2D eigenvalue weighted by Gasteiger charge is -2.39. The van der Waals surface area contributed by atoms with Crippen LogP contribution in [0.25, 0.3) is 0 Å². The maximum Gasteiger partial charge on any atom is 0.258 e. The monoisotopic (exact) mass is 882 g/mol. The van der Waals surface area contributed by atoms with E-state index in [1.807, 2.05) is 71.6 Å². The molecule has 9 rings (SSSR count). The van der Waals surface area contributed by atoms with Crippen LogP contribution in [0.3, 0.4) is 0 Å². The van der Waals surface area contributed by atoms with Crippen molar-refractivity contribution < 1.29 is 28.5 Å². The summed E-state index contributed by atoms with van der Waals surface area (Å²) in [7, 11) is 6.57. The molecule has 342 valence electrons. The number of carbonyl (C=O) groups excluding carboxylic acids is 2. The van der Waals surface area contributed by atoms with E-state index in [2.05, 4.69) is 42.8 Å². The van der Waals surface area contributed by atoms with E-state index in [9.17, 15) is 9.59 Å². The number of nitrogens with zero attached hydrogens (tertiary/aromatic N) is 7. The minimum absolute atomic E-state index is 0.0485. The number of methoxy groups -OCH3 is 4. The Morgan fingerprint density at radius 2 is 1.06 bits per heavy atom. The minimum Gasteiger partial charge on any atom is -0.497 e. The summed E-state index contributed by atoms with van der Waals surface area (Å²) in [6, 6.07) is 23.0. The first kappa shape index (κ1) is 45.1. The number of fused-ring (bicyclic) bond motifs is 2. The molecule has 0 saturated carbocycles. The summed E-state index contributed by atoms with van der Waals surface area (Å²) in [5.41, 5.74) is 7.54. The second kappa shape index (κ2) is 19.7. The third-order valence-electron chi connectivity index (χ3n) is 13.3. The number of carbonyl (C=O) groups is 2. The molecular weight excluding hydrogens is 821 g/mol. The van der Waals surface area contributed by atoms with E-state index in [-0.39, 0.29) is 11.8 Å². The van der Waals surface area contributed by atoms with Crippen molar-refractivity contribution in [1.82, 2.24) is 30.2 Å². The van der Waals surface area contributed by atoms with Gasteiger partial charge < -0.3 is 39.0 Å². The Bertz CT molecular complexity index is 2480. The molecule has 0 bridgehead atoms. The predicted octanol–water partition coefficient (Wildman–Crippen LogP) is 8.10. The molecule has 4 aliphatic rings. The van der Waals surface area contributed by atoms with Gasteiger partial charge in [-0.05, 0) is 114 Å². The SMILES string of the molecule is COc1ccc(Cc2nc(N3[C@H](C)CCC[C@@H]3C)nc3c2C(=O)N(Cc2ccc(OC)cc2OC)C3)cc1.COc1ccc(Cc2nc(N3[C@H](C)CCC[C@@H]3C)nc3c2C(=O)NC3)cc1. The Balaban J connectivity index is 0.000000188. The maximum absolute atomic E-state index is 13.8. The summed E-state index contributed by atoms with van der Waals surface area (Å²) in [6.07, 6.45) is 8.12. The highest BCUT2D eigenvalue weighted by Crippen LogP contribution is 2.35. The molecule has 4 aliphatic heterocycles. The third kappa shape index (κ3) is 9.67. The molecule has 6 heterocycles. The van der Waals surface area contributed by atoms with Gasteiger partial charge in [-0.3, -0.25) is 9.59 Å². The van der Waals surface area contributed by atoms with Crippen molar-refractivity contribution >= 4 is 23.7 Å². The topological polar surface area (TPSA) is 144 Å². The van der Waals surface area contributed by atoms with Crippen molar-refractivity contribution in [3.05, 3.63) is 117 Å². The first-order valence-electron chi connectivity index (χ1n) is 22.9. The average molecular weight is 883 g/mol. The van der Waals surface area contributed by atoms with Gasteiger partial charge in [0.25, 0.3) is 11.8 Å². The first-order valence-corrected chi connectivity index (χ1v) is 22.9. The number of hydrogen-bond donors (Lipinski definition) is 1. The van der Waals surface area contributed by atoms with Crippen LogP contribution in [0.5, 0.6) is 23.0 Å². The quantitative estimate of drug-likeness (QED) is 0.129. The Morgan fingerprint density at radius 1 is 0.585 bits per heavy atom. The summed E-state index contributed by atoms with van der Waals surface area (Å²) in [5.74, 6) is 4.39. The molecule has 0 unspecified atom stereocenters. The maximum atomic E-state index is 13.8. The van der Waals surface area contributed by atoms with Gasteiger partial charge in [0.1, 0.15) is 23.0 Å². The Morgan fingerprint density at radius 3 is 1.55 bits per heavy atom. The second-order valence-corrected chi connectivity index (χ2v) is 17.7. The summed E-state index contributed by atoms with van der Waals surface area (Å²) < 4.78 is 21.5. The molecule has 0 aliphatic carbocycles. The molecule has 2 aromatic heterocycles. The van der Waals surface area contributed by atoms with E-state index in [4.69, 9.17) is 38.9 Å². The van der Waals surface area contributed by atoms with E-state index in [1.165, 1.54) is 12.8 Å². The summed E-state index contributed by atoms with van der Waals surface area (Å²) >= 11 is 0. The Labute approximate surface area is 382 Å². The van der Waals surface area contributed by atoms with Gasteiger partial charge in [-0.2, -0.15) is 0 Å². The van der Waals surface area contributed by atoms with Gasteiger partial charge in [0.15, 0.2) is 0 Å². The summed E-state index contributed by atoms with van der Waals surface area (Å²) in [4.78, 5) is 52.4. The number of ether oxygens (including phenoxy) is 4. The van der Waals surface area contributed by atoms with Crippen molar-refractivity contribution in [2.45, 2.75) is 123 Å². The highest BCUT2D eigenvalue weighted by atomic mass is 16.5. The summed E-state index contributed by atoms with van der Waals surface area (Å²) in [6.45, 7) is 10.3. The van der Waals surface area contributed by atoms with Gasteiger partial charge in [-0.15, -0.1) is 0 Å². The van der Waals surface area contributed by atoms with Crippen molar-refractivity contribution in [3.63, 3.8) is 0 Å². The fourth-order valence-electron chi connectivity index (χ4n) is 9.81.